The van der Waals surface area contributed by atoms with Crippen LogP contribution in [0.3, 0.4) is 0 Å². The minimum absolute atomic E-state index is 0.211. The van der Waals surface area contributed by atoms with Crippen molar-refractivity contribution in [2.75, 3.05) is 39.3 Å². The first-order chi connectivity index (χ1) is 18.1. The molecule has 7 nitrogen and oxygen atoms in total. The summed E-state index contributed by atoms with van der Waals surface area (Å²) in [6.07, 6.45) is -3.49. The number of nitrogens with one attached hydrogen (secondary N) is 1. The third kappa shape index (κ3) is 6.47. The molecule has 0 aliphatic carbocycles. The SMILES string of the molecule is Cc1nc2cc(OC[C@H](O)CN3CCN(CC4=CC(c5ccc(C(F)(F)F)cc5)ON4)[C@@H](C)C3)ccc2s1. The lowest BCUT2D eigenvalue weighted by Crippen LogP contribution is -2.54. The van der Waals surface area contributed by atoms with E-state index in [9.17, 15) is 18.3 Å². The Bertz CT molecular complexity index is 1280. The second-order valence-electron chi connectivity index (χ2n) is 9.86. The molecule has 3 aromatic rings. The smallest absolute Gasteiger partial charge is 0.416 e. The van der Waals surface area contributed by atoms with E-state index in [1.807, 2.05) is 31.2 Å². The second kappa shape index (κ2) is 11.2. The first-order valence-electron chi connectivity index (χ1n) is 12.6. The van der Waals surface area contributed by atoms with Gasteiger partial charge in [-0.3, -0.25) is 20.1 Å². The lowest BCUT2D eigenvalue weighted by Gasteiger charge is -2.40. The van der Waals surface area contributed by atoms with Crippen molar-refractivity contribution in [3.05, 3.63) is 70.4 Å². The van der Waals surface area contributed by atoms with Crippen LogP contribution >= 0.6 is 11.3 Å². The molecule has 2 aliphatic heterocycles. The van der Waals surface area contributed by atoms with E-state index >= 15 is 0 Å². The van der Waals surface area contributed by atoms with Gasteiger partial charge in [0.25, 0.3) is 0 Å². The largest absolute Gasteiger partial charge is 0.491 e. The first kappa shape index (κ1) is 26.9. The van der Waals surface area contributed by atoms with Gasteiger partial charge in [-0.1, -0.05) is 12.1 Å². The van der Waals surface area contributed by atoms with Crippen molar-refractivity contribution < 1.29 is 27.9 Å². The highest BCUT2D eigenvalue weighted by molar-refractivity contribution is 7.18. The number of rotatable bonds is 8. The molecule has 3 atom stereocenters. The minimum atomic E-state index is -4.36. The number of halogens is 3. The molecule has 11 heteroatoms. The molecule has 38 heavy (non-hydrogen) atoms. The van der Waals surface area contributed by atoms with Crippen LogP contribution in [0, 0.1) is 6.92 Å². The molecule has 0 radical (unpaired) electrons. The summed E-state index contributed by atoms with van der Waals surface area (Å²) in [6.45, 7) is 7.93. The molecule has 1 saturated heterocycles. The Hall–Kier alpha value is -2.70. The average molecular weight is 549 g/mol. The van der Waals surface area contributed by atoms with Crippen LogP contribution in [0.5, 0.6) is 5.75 Å². The van der Waals surface area contributed by atoms with Gasteiger partial charge in [-0.25, -0.2) is 4.98 Å². The molecule has 1 aromatic heterocycles. The number of aliphatic hydroxyl groups is 1. The van der Waals surface area contributed by atoms with E-state index in [-0.39, 0.29) is 12.6 Å². The molecule has 3 heterocycles. The average Bonchev–Trinajstić information content (AvgIpc) is 3.49. The van der Waals surface area contributed by atoms with Crippen molar-refractivity contribution in [1.82, 2.24) is 20.3 Å². The van der Waals surface area contributed by atoms with Gasteiger partial charge in [-0.2, -0.15) is 13.2 Å². The van der Waals surface area contributed by atoms with E-state index in [0.29, 0.717) is 24.4 Å². The number of aliphatic hydroxyl groups excluding tert-OH is 1. The van der Waals surface area contributed by atoms with Gasteiger partial charge in [-0.05, 0) is 49.8 Å². The molecule has 0 saturated carbocycles. The topological polar surface area (TPSA) is 70.1 Å². The Kier molecular flexibility index (Phi) is 7.92. The quantitative estimate of drug-likeness (QED) is 0.429. The van der Waals surface area contributed by atoms with E-state index in [1.165, 1.54) is 12.1 Å². The summed E-state index contributed by atoms with van der Waals surface area (Å²) in [5.41, 5.74) is 4.71. The Balaban J connectivity index is 1.07. The first-order valence-corrected chi connectivity index (χ1v) is 13.4. The third-order valence-electron chi connectivity index (χ3n) is 6.84. The van der Waals surface area contributed by atoms with Crippen molar-refractivity contribution in [3.8, 4) is 5.75 Å². The maximum atomic E-state index is 12.8. The number of β-amino-alcohol motifs (C(OH)–C–C–N with tert-alkyl or cyclic N) is 1. The summed E-state index contributed by atoms with van der Waals surface area (Å²) in [7, 11) is 0. The predicted octanol–water partition coefficient (Wildman–Crippen LogP) is 4.53. The van der Waals surface area contributed by atoms with E-state index in [1.54, 1.807) is 11.3 Å². The van der Waals surface area contributed by atoms with Gasteiger partial charge in [0.05, 0.1) is 26.5 Å². The second-order valence-corrected chi connectivity index (χ2v) is 11.1. The van der Waals surface area contributed by atoms with Gasteiger partial charge in [0.2, 0.25) is 0 Å². The lowest BCUT2D eigenvalue weighted by molar-refractivity contribution is -0.137. The number of ether oxygens (including phenoxy) is 1. The van der Waals surface area contributed by atoms with Crippen LogP contribution < -0.4 is 10.2 Å². The summed E-state index contributed by atoms with van der Waals surface area (Å²) in [5, 5.41) is 11.6. The predicted molar refractivity (Wildman–Crippen MR) is 140 cm³/mol. The van der Waals surface area contributed by atoms with Gasteiger partial charge >= 0.3 is 6.18 Å². The lowest BCUT2D eigenvalue weighted by atomic mass is 10.1. The molecule has 0 bridgehead atoms. The van der Waals surface area contributed by atoms with Crippen molar-refractivity contribution in [1.29, 1.82) is 0 Å². The van der Waals surface area contributed by atoms with Gasteiger partial charge in [-0.15, -0.1) is 11.3 Å². The van der Waals surface area contributed by atoms with Crippen LogP contribution in [0.2, 0.25) is 0 Å². The van der Waals surface area contributed by atoms with E-state index in [4.69, 9.17) is 9.57 Å². The van der Waals surface area contributed by atoms with Crippen LogP contribution in [0.1, 0.15) is 29.2 Å². The van der Waals surface area contributed by atoms with Gasteiger partial charge in [0.15, 0.2) is 0 Å². The molecule has 0 amide bonds. The van der Waals surface area contributed by atoms with Crippen LogP contribution in [0.25, 0.3) is 10.2 Å². The molecule has 2 aromatic carbocycles. The van der Waals surface area contributed by atoms with E-state index in [2.05, 4.69) is 27.2 Å². The Morgan fingerprint density at radius 2 is 2.00 bits per heavy atom. The number of benzene rings is 2. The van der Waals surface area contributed by atoms with Gasteiger partial charge in [0, 0.05) is 44.8 Å². The Morgan fingerprint density at radius 1 is 1.21 bits per heavy atom. The van der Waals surface area contributed by atoms with Crippen LogP contribution in [-0.2, 0) is 11.0 Å². The van der Waals surface area contributed by atoms with Gasteiger partial charge in [0.1, 0.15) is 24.6 Å². The van der Waals surface area contributed by atoms with Crippen molar-refractivity contribution in [3.63, 3.8) is 0 Å². The highest BCUT2D eigenvalue weighted by Gasteiger charge is 2.31. The summed E-state index contributed by atoms with van der Waals surface area (Å²) >= 11 is 1.64. The zero-order valence-electron chi connectivity index (χ0n) is 21.2. The third-order valence-corrected chi connectivity index (χ3v) is 7.79. The molecule has 2 N–H and O–H groups in total. The van der Waals surface area contributed by atoms with E-state index in [0.717, 1.165) is 52.7 Å². The normalized spacial score (nSPS) is 21.9. The fourth-order valence-electron chi connectivity index (χ4n) is 4.85. The summed E-state index contributed by atoms with van der Waals surface area (Å²) < 4.78 is 45.4. The number of hydrogen-bond acceptors (Lipinski definition) is 8. The van der Waals surface area contributed by atoms with Crippen molar-refractivity contribution in [2.45, 2.75) is 38.3 Å². The zero-order chi connectivity index (χ0) is 26.9. The number of hydrogen-bond donors (Lipinski definition) is 2. The maximum absolute atomic E-state index is 12.8. The number of aryl methyl sites for hydroxylation is 1. The maximum Gasteiger partial charge on any atom is 0.416 e. The number of aromatic nitrogens is 1. The number of thiazole rings is 1. The Morgan fingerprint density at radius 3 is 2.74 bits per heavy atom. The summed E-state index contributed by atoms with van der Waals surface area (Å²) in [6, 6.07) is 11.1. The van der Waals surface area contributed by atoms with Gasteiger partial charge < -0.3 is 9.84 Å². The number of hydroxylamine groups is 1. The number of alkyl halides is 3. The molecule has 0 spiro atoms. The fourth-order valence-corrected chi connectivity index (χ4v) is 5.65. The minimum Gasteiger partial charge on any atom is -0.491 e. The molecule has 204 valence electrons. The molecule has 2 aliphatic rings. The number of fused-ring (bicyclic) bond motifs is 1. The number of nitrogens with zero attached hydrogens (tertiary/aromatic N) is 3. The molecule has 5 rings (SSSR count). The molecular weight excluding hydrogens is 517 g/mol. The Labute approximate surface area is 223 Å². The standard InChI is InChI=1S/C27H31F3N4O3S/c1-17-13-33(15-22(35)16-36-23-7-8-26-24(12-23)31-18(2)38-26)9-10-34(17)14-21-11-25(37-32-21)19-3-5-20(6-4-19)27(28,29)30/h3-8,11-12,17,22,25,32,35H,9-10,13-16H2,1-2H3/t17-,22+,25?/m0/s1. The van der Waals surface area contributed by atoms with Crippen molar-refractivity contribution >= 4 is 21.6 Å². The number of piperazine rings is 1. The van der Waals surface area contributed by atoms with Crippen LogP contribution in [-0.4, -0.2) is 71.4 Å². The highest BCUT2D eigenvalue weighted by atomic mass is 32.1. The monoisotopic (exact) mass is 548 g/mol. The highest BCUT2D eigenvalue weighted by Crippen LogP contribution is 2.32. The summed E-state index contributed by atoms with van der Waals surface area (Å²) in [5.74, 6) is 0.703. The molecular formula is C27H31F3N4O3S. The van der Waals surface area contributed by atoms with Crippen molar-refractivity contribution in [2.24, 2.45) is 0 Å². The molecule has 1 unspecified atom stereocenters. The van der Waals surface area contributed by atoms with Crippen LogP contribution in [0.15, 0.2) is 54.2 Å². The zero-order valence-corrected chi connectivity index (χ0v) is 22.1. The summed E-state index contributed by atoms with van der Waals surface area (Å²) in [4.78, 5) is 14.6. The fraction of sp³-hybridized carbons (Fsp3) is 0.444. The molecule has 1 fully saturated rings. The van der Waals surface area contributed by atoms with Crippen LogP contribution in [0.4, 0.5) is 13.2 Å². The van der Waals surface area contributed by atoms with E-state index < -0.39 is 23.9 Å².